The molecule has 0 unspecified atom stereocenters. The van der Waals surface area contributed by atoms with E-state index in [1.807, 2.05) is 86.8 Å². The first-order chi connectivity index (χ1) is 21.2. The van der Waals surface area contributed by atoms with E-state index in [1.54, 1.807) is 6.20 Å². The van der Waals surface area contributed by atoms with Gasteiger partial charge in [0.1, 0.15) is 5.58 Å². The zero-order valence-electron chi connectivity index (χ0n) is 26.3. The average Bonchev–Trinajstić information content (AvgIpc) is 3.44. The molecule has 0 atom stereocenters. The Morgan fingerprint density at radius 3 is 2.20 bits per heavy atom. The van der Waals surface area contributed by atoms with E-state index < -0.39 is 5.89 Å². The van der Waals surface area contributed by atoms with Gasteiger partial charge >= 0.3 is 0 Å². The Kier molecular flexibility index (Phi) is 9.12. The summed E-state index contributed by atoms with van der Waals surface area (Å²) in [5, 5.41) is 2.15. The molecule has 0 aliphatic heterocycles. The maximum absolute atomic E-state index is 8.19. The van der Waals surface area contributed by atoms with Crippen LogP contribution in [0.25, 0.3) is 44.5 Å². The third-order valence-electron chi connectivity index (χ3n) is 7.89. The van der Waals surface area contributed by atoms with Crippen LogP contribution >= 0.6 is 0 Å². The van der Waals surface area contributed by atoms with Crippen LogP contribution in [0, 0.1) is 12.1 Å². The molecule has 221 valence electrons. The minimum Gasteiger partial charge on any atom is -0.500 e. The molecule has 4 heteroatoms. The topological polar surface area (TPSA) is 38.9 Å². The van der Waals surface area contributed by atoms with Crippen LogP contribution < -0.4 is 0 Å². The van der Waals surface area contributed by atoms with Gasteiger partial charge in [0, 0.05) is 44.7 Å². The van der Waals surface area contributed by atoms with Gasteiger partial charge in [-0.3, -0.25) is 0 Å². The summed E-state index contributed by atoms with van der Waals surface area (Å²) in [4.78, 5) is 9.06. The summed E-state index contributed by atoms with van der Waals surface area (Å²) in [5.74, 6) is -0.649. The first kappa shape index (κ1) is 29.7. The van der Waals surface area contributed by atoms with Gasteiger partial charge in [0.05, 0.1) is 5.58 Å². The number of aromatic nitrogens is 2. The maximum Gasteiger partial charge on any atom is 0.120 e. The summed E-state index contributed by atoms with van der Waals surface area (Å²) in [6.45, 7) is 8.21. The van der Waals surface area contributed by atoms with Crippen LogP contribution in [0.3, 0.4) is 0 Å². The number of nitrogens with zero attached hydrogens (tertiary/aromatic N) is 2. The molecule has 0 bridgehead atoms. The van der Waals surface area contributed by atoms with Crippen molar-refractivity contribution in [3.8, 4) is 22.5 Å². The zero-order valence-corrected chi connectivity index (χ0v) is 27.7. The van der Waals surface area contributed by atoms with Crippen molar-refractivity contribution >= 4 is 21.9 Å². The molecule has 7 aromatic rings. The van der Waals surface area contributed by atoms with Crippen LogP contribution in [0.4, 0.5) is 0 Å². The smallest absolute Gasteiger partial charge is 0.120 e. The van der Waals surface area contributed by atoms with Crippen LogP contribution in [0.2, 0.25) is 0 Å². The normalized spacial score (nSPS) is 11.8. The molecule has 0 amide bonds. The quantitative estimate of drug-likeness (QED) is 0.164. The molecule has 0 saturated carbocycles. The predicted octanol–water partition coefficient (Wildman–Crippen LogP) is 10.4. The van der Waals surface area contributed by atoms with Gasteiger partial charge in [-0.25, -0.2) is 0 Å². The monoisotopic (exact) mass is 752 g/mol. The minimum atomic E-state index is -0.649. The zero-order chi connectivity index (χ0) is 30.7. The molecule has 3 heterocycles. The molecule has 3 aromatic heterocycles. The summed E-state index contributed by atoms with van der Waals surface area (Å²) < 4.78 is 14.0. The van der Waals surface area contributed by atoms with Gasteiger partial charge < -0.3 is 14.4 Å². The summed E-state index contributed by atoms with van der Waals surface area (Å²) in [5.41, 5.74) is 8.84. The molecule has 0 saturated heterocycles. The second-order valence-corrected chi connectivity index (χ2v) is 11.4. The first-order valence-electron chi connectivity index (χ1n) is 15.0. The molecule has 0 aliphatic rings. The molecule has 44 heavy (non-hydrogen) atoms. The van der Waals surface area contributed by atoms with Crippen molar-refractivity contribution in [2.45, 2.75) is 39.0 Å². The van der Waals surface area contributed by atoms with Crippen molar-refractivity contribution in [1.29, 1.82) is 0 Å². The van der Waals surface area contributed by atoms with E-state index in [0.29, 0.717) is 0 Å². The Labute approximate surface area is 274 Å². The number of pyridine rings is 2. The van der Waals surface area contributed by atoms with Crippen molar-refractivity contribution in [3.63, 3.8) is 0 Å². The Bertz CT molecular complexity index is 2010. The van der Waals surface area contributed by atoms with E-state index in [2.05, 4.69) is 84.5 Å². The maximum atomic E-state index is 8.19. The predicted molar refractivity (Wildman–Crippen MR) is 177 cm³/mol. The van der Waals surface area contributed by atoms with E-state index in [1.165, 1.54) is 11.1 Å². The Hall–Kier alpha value is -4.37. The number of para-hydroxylation sites is 1. The summed E-state index contributed by atoms with van der Waals surface area (Å²) in [7, 11) is 0. The fraction of sp³-hybridized carbons (Fsp3) is 0.150. The van der Waals surface area contributed by atoms with Crippen molar-refractivity contribution < 1.29 is 25.9 Å². The van der Waals surface area contributed by atoms with Crippen molar-refractivity contribution in [3.05, 3.63) is 156 Å². The van der Waals surface area contributed by atoms with E-state index in [-0.39, 0.29) is 25.5 Å². The van der Waals surface area contributed by atoms with Gasteiger partial charge in [-0.05, 0) is 40.5 Å². The molecule has 0 N–H and O–H groups in total. The van der Waals surface area contributed by atoms with E-state index in [4.69, 9.17) is 5.79 Å². The molecule has 0 fully saturated rings. The second-order valence-electron chi connectivity index (χ2n) is 11.4. The second kappa shape index (κ2) is 13.5. The molecule has 4 aromatic carbocycles. The first-order valence-corrected chi connectivity index (χ1v) is 14.5. The number of hydrogen-bond donors (Lipinski definition) is 0. The summed E-state index contributed by atoms with van der Waals surface area (Å²) in [6.07, 6.45) is 3.73. The van der Waals surface area contributed by atoms with E-state index in [0.717, 1.165) is 50.0 Å². The van der Waals surface area contributed by atoms with Gasteiger partial charge in [0.15, 0.2) is 0 Å². The molecule has 0 spiro atoms. The van der Waals surface area contributed by atoms with Gasteiger partial charge in [-0.15, -0.1) is 59.7 Å². The Balaban J connectivity index is 0.000000175. The van der Waals surface area contributed by atoms with E-state index in [9.17, 15) is 0 Å². The number of rotatable bonds is 5. The Morgan fingerprint density at radius 1 is 0.705 bits per heavy atom. The fourth-order valence-electron chi connectivity index (χ4n) is 5.20. The van der Waals surface area contributed by atoms with Gasteiger partial charge in [0.2, 0.25) is 0 Å². The minimum absolute atomic E-state index is 0. The summed E-state index contributed by atoms with van der Waals surface area (Å²) >= 11 is 0. The average molecular weight is 752 g/mol. The van der Waals surface area contributed by atoms with Crippen molar-refractivity contribution in [2.75, 3.05) is 0 Å². The number of fused-ring (bicyclic) bond motifs is 3. The standard InChI is InChI=1S/C20H16NO.C20H18N.Ir/c1-13(2)14-9-10-21-18(12-14)15-7-8-20-17(11-15)16-5-3-4-6-19(16)22-20;1-20(2,17-11-7-4-8-12-17)18-13-14-19(21-15-18)16-9-5-3-6-10-16;/h3-6,8-13H,1-2H3;3-9,11-15H,1-2H3;/q2*-1;/i13D;;. The van der Waals surface area contributed by atoms with Gasteiger partial charge in [-0.1, -0.05) is 105 Å². The van der Waals surface area contributed by atoms with Gasteiger partial charge in [0.25, 0.3) is 0 Å². The molecule has 0 aliphatic carbocycles. The van der Waals surface area contributed by atoms with Crippen LogP contribution in [-0.2, 0) is 25.5 Å². The van der Waals surface area contributed by atoms with Crippen molar-refractivity contribution in [1.82, 2.24) is 9.97 Å². The third kappa shape index (κ3) is 6.57. The van der Waals surface area contributed by atoms with Crippen LogP contribution in [0.5, 0.6) is 0 Å². The molecule has 3 nitrogen and oxygen atoms in total. The molecule has 1 radical (unpaired) electrons. The van der Waals surface area contributed by atoms with E-state index >= 15 is 0 Å². The molecular formula is C40H34IrN2O-2. The summed E-state index contributed by atoms with van der Waals surface area (Å²) in [6, 6.07) is 45.0. The Morgan fingerprint density at radius 2 is 1.48 bits per heavy atom. The fourth-order valence-corrected chi connectivity index (χ4v) is 5.20. The van der Waals surface area contributed by atoms with Gasteiger partial charge in [-0.2, -0.15) is 0 Å². The molecule has 7 rings (SSSR count). The number of furan rings is 1. The third-order valence-corrected chi connectivity index (χ3v) is 7.89. The molecular weight excluding hydrogens is 717 g/mol. The van der Waals surface area contributed by atoms with Crippen molar-refractivity contribution in [2.24, 2.45) is 0 Å². The van der Waals surface area contributed by atoms with Crippen LogP contribution in [0.1, 0.15) is 51.7 Å². The largest absolute Gasteiger partial charge is 0.500 e. The van der Waals surface area contributed by atoms with Crippen LogP contribution in [-0.4, -0.2) is 9.97 Å². The van der Waals surface area contributed by atoms with Crippen LogP contribution in [0.15, 0.2) is 132 Å². The number of benzene rings is 4. The SMILES string of the molecule is CC(C)(c1ccccc1)c1ccc(-c2[c-]cccc2)nc1.[2H]C(C)(C)c1ccnc(-c2[c-]cc3oc4ccccc4c3c2)c1.[Ir]. The number of hydrogen-bond acceptors (Lipinski definition) is 3.